The van der Waals surface area contributed by atoms with E-state index in [1.807, 2.05) is 11.0 Å². The highest BCUT2D eigenvalue weighted by Gasteiger charge is 2.32. The summed E-state index contributed by atoms with van der Waals surface area (Å²) in [5.74, 6) is 0.205. The van der Waals surface area contributed by atoms with Crippen LogP contribution in [0.1, 0.15) is 42.0 Å². The third-order valence-electron chi connectivity index (χ3n) is 6.37. The molecule has 0 aromatic carbocycles. The van der Waals surface area contributed by atoms with E-state index in [1.54, 1.807) is 6.07 Å². The van der Waals surface area contributed by atoms with Crippen LogP contribution in [-0.2, 0) is 11.0 Å². The van der Waals surface area contributed by atoms with Gasteiger partial charge in [-0.1, -0.05) is 0 Å². The lowest BCUT2D eigenvalue weighted by Gasteiger charge is -2.34. The molecule has 2 N–H and O–H groups in total. The van der Waals surface area contributed by atoms with E-state index in [0.717, 1.165) is 63.6 Å². The van der Waals surface area contributed by atoms with Crippen molar-refractivity contribution < 1.29 is 22.8 Å². The molecule has 5 heterocycles. The first-order chi connectivity index (χ1) is 16.8. The number of rotatable bonds is 4. The predicted molar refractivity (Wildman–Crippen MR) is 122 cm³/mol. The Morgan fingerprint density at radius 2 is 1.83 bits per heavy atom. The van der Waals surface area contributed by atoms with Crippen LogP contribution in [0.4, 0.5) is 24.7 Å². The standard InChI is InChI=1S/C23H24F3N7O2/c24-23(25,26)17-7-5-15(12-27-17)28-21(34)20-29-16-6-8-18(30-19(16)31-20)33-11-3-4-14(13-33)22(35)32-9-1-2-10-32/h5-8,12,14H,1-4,9-11,13H2,(H,28,34)(H,29,30,31)/t14-/m1/s1. The van der Waals surface area contributed by atoms with Gasteiger partial charge >= 0.3 is 6.18 Å². The molecule has 2 amide bonds. The van der Waals surface area contributed by atoms with Gasteiger partial charge in [0.15, 0.2) is 11.5 Å². The minimum atomic E-state index is -4.56. The lowest BCUT2D eigenvalue weighted by Crippen LogP contribution is -2.44. The van der Waals surface area contributed by atoms with Crippen LogP contribution < -0.4 is 10.2 Å². The van der Waals surface area contributed by atoms with Crippen molar-refractivity contribution in [2.24, 2.45) is 5.92 Å². The van der Waals surface area contributed by atoms with Crippen molar-refractivity contribution in [1.82, 2.24) is 24.8 Å². The predicted octanol–water partition coefficient (Wildman–Crippen LogP) is 3.46. The molecule has 9 nitrogen and oxygen atoms in total. The van der Waals surface area contributed by atoms with Crippen LogP contribution >= 0.6 is 0 Å². The number of hydrogen-bond acceptors (Lipinski definition) is 6. The Bertz CT molecular complexity index is 1240. The normalized spacial score (nSPS) is 18.8. The topological polar surface area (TPSA) is 107 Å². The van der Waals surface area contributed by atoms with Crippen molar-refractivity contribution in [3.05, 3.63) is 42.0 Å². The van der Waals surface area contributed by atoms with E-state index in [2.05, 4.69) is 30.2 Å². The molecular weight excluding hydrogens is 463 g/mol. The maximum absolute atomic E-state index is 12.8. The number of alkyl halides is 3. The molecule has 0 unspecified atom stereocenters. The summed E-state index contributed by atoms with van der Waals surface area (Å²) in [4.78, 5) is 44.5. The van der Waals surface area contributed by atoms with Gasteiger partial charge in [-0.2, -0.15) is 13.2 Å². The number of piperidine rings is 1. The molecule has 2 fully saturated rings. The molecule has 35 heavy (non-hydrogen) atoms. The third-order valence-corrected chi connectivity index (χ3v) is 6.37. The first kappa shape index (κ1) is 23.1. The highest BCUT2D eigenvalue weighted by Crippen LogP contribution is 2.28. The molecule has 184 valence electrons. The first-order valence-electron chi connectivity index (χ1n) is 11.5. The maximum Gasteiger partial charge on any atom is 0.433 e. The van der Waals surface area contributed by atoms with E-state index in [9.17, 15) is 22.8 Å². The van der Waals surface area contributed by atoms with Gasteiger partial charge in [-0.25, -0.2) is 15.0 Å². The van der Waals surface area contributed by atoms with Crippen molar-refractivity contribution >= 4 is 34.5 Å². The van der Waals surface area contributed by atoms with E-state index < -0.39 is 17.8 Å². The molecule has 3 aromatic rings. The Morgan fingerprint density at radius 1 is 1.03 bits per heavy atom. The Morgan fingerprint density at radius 3 is 2.54 bits per heavy atom. The molecule has 12 heteroatoms. The van der Waals surface area contributed by atoms with Gasteiger partial charge in [0.05, 0.1) is 17.8 Å². The van der Waals surface area contributed by atoms with Crippen LogP contribution in [0.5, 0.6) is 0 Å². The molecule has 0 bridgehead atoms. The SMILES string of the molecule is O=C(Nc1ccc(C(F)(F)F)nc1)c1nc2ccc(N3CCC[C@@H](C(=O)N4CCCC4)C3)nc2[nH]1. The lowest BCUT2D eigenvalue weighted by atomic mass is 9.96. The number of nitrogens with zero attached hydrogens (tertiary/aromatic N) is 5. The minimum absolute atomic E-state index is 0.0229. The van der Waals surface area contributed by atoms with Crippen molar-refractivity contribution in [1.29, 1.82) is 0 Å². The monoisotopic (exact) mass is 487 g/mol. The Kier molecular flexibility index (Phi) is 6.03. The van der Waals surface area contributed by atoms with Gasteiger partial charge in [0, 0.05) is 26.2 Å². The van der Waals surface area contributed by atoms with Crippen LogP contribution in [0.15, 0.2) is 30.5 Å². The number of imidazole rings is 1. The molecule has 0 spiro atoms. The third kappa shape index (κ3) is 4.91. The van der Waals surface area contributed by atoms with Crippen LogP contribution in [0, 0.1) is 5.92 Å². The summed E-state index contributed by atoms with van der Waals surface area (Å²) in [6.07, 6.45) is 0.260. The summed E-state index contributed by atoms with van der Waals surface area (Å²) >= 11 is 0. The first-order valence-corrected chi connectivity index (χ1v) is 11.5. The van der Waals surface area contributed by atoms with Gasteiger partial charge in [0.2, 0.25) is 5.91 Å². The number of anilines is 2. The second kappa shape index (κ2) is 9.16. The molecule has 3 aromatic heterocycles. The Labute approximate surface area is 198 Å². The Hall–Kier alpha value is -3.70. The van der Waals surface area contributed by atoms with E-state index >= 15 is 0 Å². The highest BCUT2D eigenvalue weighted by atomic mass is 19.4. The summed E-state index contributed by atoms with van der Waals surface area (Å²) in [6, 6.07) is 5.48. The van der Waals surface area contributed by atoms with Gasteiger partial charge in [-0.3, -0.25) is 9.59 Å². The van der Waals surface area contributed by atoms with Crippen LogP contribution in [0.2, 0.25) is 0 Å². The van der Waals surface area contributed by atoms with Crippen LogP contribution in [-0.4, -0.2) is 62.8 Å². The number of aromatic nitrogens is 4. The average molecular weight is 487 g/mol. The zero-order valence-corrected chi connectivity index (χ0v) is 18.8. The van der Waals surface area contributed by atoms with E-state index in [1.165, 1.54) is 0 Å². The Balaban J connectivity index is 1.28. The molecule has 0 aliphatic carbocycles. The number of fused-ring (bicyclic) bond motifs is 1. The number of hydrogen-bond donors (Lipinski definition) is 2. The van der Waals surface area contributed by atoms with Gasteiger partial charge in [0.25, 0.3) is 5.91 Å². The summed E-state index contributed by atoms with van der Waals surface area (Å²) in [6.45, 7) is 3.04. The second-order valence-electron chi connectivity index (χ2n) is 8.82. The van der Waals surface area contributed by atoms with Crippen molar-refractivity contribution in [2.45, 2.75) is 31.9 Å². The summed E-state index contributed by atoms with van der Waals surface area (Å²) in [7, 11) is 0. The number of pyridine rings is 2. The zero-order valence-electron chi connectivity index (χ0n) is 18.8. The number of carbonyl (C=O) groups excluding carboxylic acids is 2. The lowest BCUT2D eigenvalue weighted by molar-refractivity contribution is -0.141. The van der Waals surface area contributed by atoms with E-state index in [-0.39, 0.29) is 23.3 Å². The van der Waals surface area contributed by atoms with Crippen LogP contribution in [0.3, 0.4) is 0 Å². The molecular formula is C23H24F3N7O2. The summed E-state index contributed by atoms with van der Waals surface area (Å²) in [5, 5.41) is 2.48. The quantitative estimate of drug-likeness (QED) is 0.584. The molecule has 2 aliphatic rings. The molecule has 5 rings (SSSR count). The fourth-order valence-corrected chi connectivity index (χ4v) is 4.58. The van der Waals surface area contributed by atoms with Gasteiger partial charge in [-0.15, -0.1) is 0 Å². The fourth-order valence-electron chi connectivity index (χ4n) is 4.58. The second-order valence-corrected chi connectivity index (χ2v) is 8.82. The molecule has 1 atom stereocenters. The number of amides is 2. The number of carbonyl (C=O) groups is 2. The maximum atomic E-state index is 12.8. The largest absolute Gasteiger partial charge is 0.433 e. The van der Waals surface area contributed by atoms with Crippen molar-refractivity contribution in [3.8, 4) is 0 Å². The smallest absolute Gasteiger partial charge is 0.356 e. The van der Waals surface area contributed by atoms with Crippen LogP contribution in [0.25, 0.3) is 11.2 Å². The van der Waals surface area contributed by atoms with Gasteiger partial charge in [-0.05, 0) is 49.9 Å². The zero-order chi connectivity index (χ0) is 24.6. The van der Waals surface area contributed by atoms with E-state index in [0.29, 0.717) is 23.5 Å². The highest BCUT2D eigenvalue weighted by molar-refractivity contribution is 6.03. The number of aromatic amines is 1. The number of H-pyrrole nitrogens is 1. The fraction of sp³-hybridized carbons (Fsp3) is 0.435. The van der Waals surface area contributed by atoms with E-state index in [4.69, 9.17) is 0 Å². The van der Waals surface area contributed by atoms with Crippen molar-refractivity contribution in [3.63, 3.8) is 0 Å². The number of halogens is 3. The summed E-state index contributed by atoms with van der Waals surface area (Å²) in [5.41, 5.74) is -0.0467. The summed E-state index contributed by atoms with van der Waals surface area (Å²) < 4.78 is 38.0. The molecule has 0 radical (unpaired) electrons. The molecule has 2 aliphatic heterocycles. The van der Waals surface area contributed by atoms with Gasteiger partial charge < -0.3 is 20.1 Å². The average Bonchev–Trinajstić information content (AvgIpc) is 3.53. The molecule has 2 saturated heterocycles. The molecule has 0 saturated carbocycles. The number of likely N-dealkylation sites (tertiary alicyclic amines) is 1. The van der Waals surface area contributed by atoms with Gasteiger partial charge in [0.1, 0.15) is 17.0 Å². The minimum Gasteiger partial charge on any atom is -0.356 e. The van der Waals surface area contributed by atoms with Crippen molar-refractivity contribution in [2.75, 3.05) is 36.4 Å². The number of nitrogens with one attached hydrogen (secondary N) is 2.